The quantitative estimate of drug-likeness (QED) is 0.407. The molecular formula is C27H45N3O4. The predicted octanol–water partition coefficient (Wildman–Crippen LogP) is 5.19. The van der Waals surface area contributed by atoms with Gasteiger partial charge in [0.1, 0.15) is 17.7 Å². The van der Waals surface area contributed by atoms with Crippen LogP contribution in [0, 0.1) is 13.8 Å². The molecule has 0 fully saturated rings. The molecule has 7 nitrogen and oxygen atoms in total. The van der Waals surface area contributed by atoms with E-state index in [1.54, 1.807) is 32.6 Å². The van der Waals surface area contributed by atoms with Crippen LogP contribution in [0.5, 0.6) is 0 Å². The van der Waals surface area contributed by atoms with Crippen molar-refractivity contribution in [2.45, 2.75) is 105 Å². The molecule has 1 aromatic carbocycles. The molecule has 0 heterocycles. The molecule has 0 bridgehead atoms. The second kappa shape index (κ2) is 14.0. The average molecular weight is 476 g/mol. The summed E-state index contributed by atoms with van der Waals surface area (Å²) in [6.07, 6.45) is 3.94. The number of ether oxygens (including phenoxy) is 1. The zero-order valence-corrected chi connectivity index (χ0v) is 22.4. The standard InChI is InChI=1S/C27H45N3O4/c1-9-11-13-16-28-24(31)23(22-15-14-19(3)20(4)18-22)30(17-12-10-2)25(32)21(5)29-26(33)34-27(6,7)8/h14-15,18,21,23H,9-13,16-17H2,1-8H3,(H,28,31)(H,29,33). The lowest BCUT2D eigenvalue weighted by molar-refractivity contribution is -0.142. The van der Waals surface area contributed by atoms with Gasteiger partial charge in [0.2, 0.25) is 11.8 Å². The van der Waals surface area contributed by atoms with Crippen LogP contribution in [0.1, 0.15) is 96.4 Å². The zero-order chi connectivity index (χ0) is 25.9. The Hall–Kier alpha value is -2.57. The molecule has 0 aliphatic rings. The Morgan fingerprint density at radius 3 is 2.21 bits per heavy atom. The van der Waals surface area contributed by atoms with E-state index in [4.69, 9.17) is 4.74 Å². The first-order valence-electron chi connectivity index (χ1n) is 12.6. The highest BCUT2D eigenvalue weighted by Crippen LogP contribution is 2.25. The molecule has 3 amide bonds. The minimum Gasteiger partial charge on any atom is -0.444 e. The summed E-state index contributed by atoms with van der Waals surface area (Å²) in [6, 6.07) is 4.25. The van der Waals surface area contributed by atoms with Gasteiger partial charge in [0.05, 0.1) is 0 Å². The van der Waals surface area contributed by atoms with Gasteiger partial charge in [-0.25, -0.2) is 4.79 Å². The third kappa shape index (κ3) is 9.74. The zero-order valence-electron chi connectivity index (χ0n) is 22.4. The molecule has 1 rings (SSSR count). The summed E-state index contributed by atoms with van der Waals surface area (Å²) in [5, 5.41) is 5.66. The van der Waals surface area contributed by atoms with Crippen molar-refractivity contribution in [3.63, 3.8) is 0 Å². The van der Waals surface area contributed by atoms with Gasteiger partial charge in [0.15, 0.2) is 0 Å². The monoisotopic (exact) mass is 475 g/mol. The minimum atomic E-state index is -0.839. The number of hydrogen-bond donors (Lipinski definition) is 2. The number of nitrogens with zero attached hydrogens (tertiary/aromatic N) is 1. The van der Waals surface area contributed by atoms with E-state index in [0.29, 0.717) is 13.1 Å². The minimum absolute atomic E-state index is 0.201. The van der Waals surface area contributed by atoms with E-state index in [2.05, 4.69) is 17.6 Å². The Morgan fingerprint density at radius 1 is 1.00 bits per heavy atom. The maximum atomic E-state index is 13.6. The Labute approximate surface area is 206 Å². The molecule has 2 unspecified atom stereocenters. The van der Waals surface area contributed by atoms with Gasteiger partial charge in [-0.1, -0.05) is 51.3 Å². The smallest absolute Gasteiger partial charge is 0.408 e. The molecule has 0 aliphatic heterocycles. The molecule has 7 heteroatoms. The summed E-state index contributed by atoms with van der Waals surface area (Å²) in [4.78, 5) is 40.9. The number of carbonyl (C=O) groups is 3. The third-order valence-corrected chi connectivity index (χ3v) is 5.63. The van der Waals surface area contributed by atoms with E-state index in [9.17, 15) is 14.4 Å². The van der Waals surface area contributed by atoms with Gasteiger partial charge in [-0.3, -0.25) is 9.59 Å². The second-order valence-corrected chi connectivity index (χ2v) is 10.00. The maximum absolute atomic E-state index is 13.6. The van der Waals surface area contributed by atoms with Gasteiger partial charge in [-0.05, 0) is 71.1 Å². The molecule has 0 aromatic heterocycles. The molecular weight excluding hydrogens is 430 g/mol. The van der Waals surface area contributed by atoms with Crippen LogP contribution in [-0.2, 0) is 14.3 Å². The maximum Gasteiger partial charge on any atom is 0.408 e. The van der Waals surface area contributed by atoms with Gasteiger partial charge >= 0.3 is 6.09 Å². The van der Waals surface area contributed by atoms with Crippen LogP contribution in [0.2, 0.25) is 0 Å². The molecule has 0 saturated carbocycles. The molecule has 2 atom stereocenters. The van der Waals surface area contributed by atoms with Crippen molar-refractivity contribution in [3.8, 4) is 0 Å². The van der Waals surface area contributed by atoms with Gasteiger partial charge in [0, 0.05) is 13.1 Å². The van der Waals surface area contributed by atoms with Crippen molar-refractivity contribution in [1.29, 1.82) is 0 Å². The summed E-state index contributed by atoms with van der Waals surface area (Å²) in [5.41, 5.74) is 2.28. The van der Waals surface area contributed by atoms with Crippen LogP contribution < -0.4 is 10.6 Å². The van der Waals surface area contributed by atoms with Crippen molar-refractivity contribution in [2.75, 3.05) is 13.1 Å². The number of rotatable bonds is 12. The fraction of sp³-hybridized carbons (Fsp3) is 0.667. The van der Waals surface area contributed by atoms with Crippen molar-refractivity contribution in [3.05, 3.63) is 34.9 Å². The van der Waals surface area contributed by atoms with Gasteiger partial charge in [-0.15, -0.1) is 0 Å². The van der Waals surface area contributed by atoms with E-state index >= 15 is 0 Å². The van der Waals surface area contributed by atoms with Crippen LogP contribution in [0.15, 0.2) is 18.2 Å². The van der Waals surface area contributed by atoms with Gasteiger partial charge in [-0.2, -0.15) is 0 Å². The van der Waals surface area contributed by atoms with Crippen LogP contribution in [-0.4, -0.2) is 47.5 Å². The molecule has 0 saturated heterocycles. The number of amides is 3. The molecule has 0 radical (unpaired) electrons. The summed E-state index contributed by atoms with van der Waals surface area (Å²) in [5.74, 6) is -0.514. The van der Waals surface area contributed by atoms with E-state index in [-0.39, 0.29) is 11.8 Å². The van der Waals surface area contributed by atoms with Crippen molar-refractivity contribution < 1.29 is 19.1 Å². The Morgan fingerprint density at radius 2 is 1.65 bits per heavy atom. The predicted molar refractivity (Wildman–Crippen MR) is 137 cm³/mol. The largest absolute Gasteiger partial charge is 0.444 e. The fourth-order valence-electron chi connectivity index (χ4n) is 3.58. The first-order valence-corrected chi connectivity index (χ1v) is 12.6. The lowest BCUT2D eigenvalue weighted by atomic mass is 9.98. The summed E-state index contributed by atoms with van der Waals surface area (Å²) >= 11 is 0. The van der Waals surface area contributed by atoms with Crippen LogP contribution >= 0.6 is 0 Å². The normalized spacial score (nSPS) is 13.1. The van der Waals surface area contributed by atoms with E-state index in [0.717, 1.165) is 48.8 Å². The lowest BCUT2D eigenvalue weighted by Crippen LogP contribution is -2.52. The van der Waals surface area contributed by atoms with Crippen molar-refractivity contribution in [1.82, 2.24) is 15.5 Å². The summed E-state index contributed by atoms with van der Waals surface area (Å²) in [6.45, 7) is 16.1. The third-order valence-electron chi connectivity index (χ3n) is 5.63. The summed E-state index contributed by atoms with van der Waals surface area (Å²) in [7, 11) is 0. The number of unbranched alkanes of at least 4 members (excludes halogenated alkanes) is 3. The van der Waals surface area contributed by atoms with Crippen LogP contribution in [0.3, 0.4) is 0 Å². The highest BCUT2D eigenvalue weighted by Gasteiger charge is 2.34. The fourth-order valence-corrected chi connectivity index (χ4v) is 3.58. The van der Waals surface area contributed by atoms with E-state index in [1.165, 1.54) is 0 Å². The molecule has 0 spiro atoms. The number of alkyl carbamates (subject to hydrolysis) is 1. The number of benzene rings is 1. The lowest BCUT2D eigenvalue weighted by Gasteiger charge is -2.34. The van der Waals surface area contributed by atoms with Crippen molar-refractivity contribution in [2.24, 2.45) is 0 Å². The number of nitrogens with one attached hydrogen (secondary N) is 2. The topological polar surface area (TPSA) is 87.7 Å². The number of hydrogen-bond acceptors (Lipinski definition) is 4. The van der Waals surface area contributed by atoms with Gasteiger partial charge in [0.25, 0.3) is 0 Å². The summed E-state index contributed by atoms with van der Waals surface area (Å²) < 4.78 is 5.32. The molecule has 2 N–H and O–H groups in total. The molecule has 34 heavy (non-hydrogen) atoms. The molecule has 192 valence electrons. The van der Waals surface area contributed by atoms with Gasteiger partial charge < -0.3 is 20.3 Å². The molecule has 0 aliphatic carbocycles. The Balaban J connectivity index is 3.26. The van der Waals surface area contributed by atoms with E-state index < -0.39 is 23.8 Å². The highest BCUT2D eigenvalue weighted by molar-refractivity contribution is 5.92. The molecule has 1 aromatic rings. The van der Waals surface area contributed by atoms with Crippen LogP contribution in [0.4, 0.5) is 4.79 Å². The Kier molecular flexibility index (Phi) is 12.1. The number of aryl methyl sites for hydroxylation is 2. The SMILES string of the molecule is CCCCCNC(=O)C(c1ccc(C)c(C)c1)N(CCCC)C(=O)C(C)NC(=O)OC(C)(C)C. The highest BCUT2D eigenvalue weighted by atomic mass is 16.6. The first kappa shape index (κ1) is 29.5. The van der Waals surface area contributed by atoms with Crippen LogP contribution in [0.25, 0.3) is 0 Å². The van der Waals surface area contributed by atoms with E-state index in [1.807, 2.05) is 39.0 Å². The van der Waals surface area contributed by atoms with Crippen molar-refractivity contribution >= 4 is 17.9 Å². The number of carbonyl (C=O) groups excluding carboxylic acids is 3. The average Bonchev–Trinajstić information content (AvgIpc) is 2.74. The first-order chi connectivity index (χ1) is 15.9. The Bertz CT molecular complexity index is 817. The second-order valence-electron chi connectivity index (χ2n) is 10.00.